The maximum Gasteiger partial charge on any atom is 0.337 e. The van der Waals surface area contributed by atoms with E-state index < -0.39 is 0 Å². The molecule has 0 saturated heterocycles. The molecular formula is C23H23ClN2O3. The number of esters is 1. The third-order valence-corrected chi connectivity index (χ3v) is 5.77. The van der Waals surface area contributed by atoms with Crippen molar-refractivity contribution in [3.05, 3.63) is 69.9 Å². The normalized spacial score (nSPS) is 13.4. The molecule has 0 saturated carbocycles. The Morgan fingerprint density at radius 2 is 1.97 bits per heavy atom. The number of H-pyrrole nitrogens is 1. The predicted octanol–water partition coefficient (Wildman–Crippen LogP) is 4.52. The number of ether oxygens (including phenoxy) is 1. The number of fused-ring (bicyclic) bond motifs is 3. The van der Waals surface area contributed by atoms with Crippen molar-refractivity contribution in [1.29, 1.82) is 0 Å². The molecule has 0 aliphatic carbocycles. The summed E-state index contributed by atoms with van der Waals surface area (Å²) >= 11 is 5.92. The highest BCUT2D eigenvalue weighted by atomic mass is 35.5. The Kier molecular flexibility index (Phi) is 5.58. The molecule has 0 fully saturated rings. The van der Waals surface area contributed by atoms with E-state index in [0.717, 1.165) is 46.4 Å². The molecule has 1 amide bonds. The van der Waals surface area contributed by atoms with Crippen molar-refractivity contribution in [2.45, 2.75) is 32.2 Å². The molecule has 1 aliphatic heterocycles. The van der Waals surface area contributed by atoms with E-state index in [-0.39, 0.29) is 11.9 Å². The summed E-state index contributed by atoms with van der Waals surface area (Å²) in [6.07, 6.45) is 2.98. The van der Waals surface area contributed by atoms with Crippen LogP contribution in [0, 0.1) is 0 Å². The van der Waals surface area contributed by atoms with Crippen LogP contribution in [0.25, 0.3) is 10.9 Å². The highest BCUT2D eigenvalue weighted by Crippen LogP contribution is 2.29. The minimum Gasteiger partial charge on any atom is -0.465 e. The fraction of sp³-hybridized carbons (Fsp3) is 0.304. The van der Waals surface area contributed by atoms with Gasteiger partial charge in [0.15, 0.2) is 0 Å². The molecule has 3 aromatic rings. The lowest BCUT2D eigenvalue weighted by molar-refractivity contribution is -0.132. The quantitative estimate of drug-likeness (QED) is 0.629. The number of amides is 1. The van der Waals surface area contributed by atoms with Crippen LogP contribution >= 0.6 is 11.6 Å². The summed E-state index contributed by atoms with van der Waals surface area (Å²) in [6.45, 7) is 1.28. The molecule has 1 N–H and O–H groups in total. The average Bonchev–Trinajstić information content (AvgIpc) is 3.11. The van der Waals surface area contributed by atoms with Gasteiger partial charge in [-0.3, -0.25) is 4.79 Å². The second-order valence-corrected chi connectivity index (χ2v) is 7.82. The van der Waals surface area contributed by atoms with E-state index in [1.165, 1.54) is 12.7 Å². The van der Waals surface area contributed by atoms with Gasteiger partial charge >= 0.3 is 5.97 Å². The second kappa shape index (κ2) is 8.29. The van der Waals surface area contributed by atoms with Gasteiger partial charge in [-0.1, -0.05) is 23.7 Å². The maximum absolute atomic E-state index is 12.8. The monoisotopic (exact) mass is 410 g/mol. The predicted molar refractivity (Wildman–Crippen MR) is 113 cm³/mol. The number of rotatable bonds is 5. The van der Waals surface area contributed by atoms with Crippen molar-refractivity contribution in [2.75, 3.05) is 13.7 Å². The van der Waals surface area contributed by atoms with Crippen LogP contribution in [-0.4, -0.2) is 35.4 Å². The van der Waals surface area contributed by atoms with Crippen LogP contribution in [0.1, 0.15) is 40.0 Å². The van der Waals surface area contributed by atoms with Gasteiger partial charge in [-0.05, 0) is 48.7 Å². The summed E-state index contributed by atoms with van der Waals surface area (Å²) in [6, 6.07) is 13.3. The van der Waals surface area contributed by atoms with E-state index in [9.17, 15) is 9.59 Å². The van der Waals surface area contributed by atoms with Gasteiger partial charge in [-0.25, -0.2) is 4.79 Å². The molecular weight excluding hydrogens is 388 g/mol. The maximum atomic E-state index is 12.8. The van der Waals surface area contributed by atoms with E-state index in [1.807, 2.05) is 41.3 Å². The summed E-state index contributed by atoms with van der Waals surface area (Å²) < 4.78 is 4.83. The number of nitrogens with one attached hydrogen (secondary N) is 1. The Morgan fingerprint density at radius 1 is 1.17 bits per heavy atom. The van der Waals surface area contributed by atoms with Crippen LogP contribution in [0.3, 0.4) is 0 Å². The lowest BCUT2D eigenvalue weighted by atomic mass is 10.0. The Bertz CT molecular complexity index is 1060. The van der Waals surface area contributed by atoms with Gasteiger partial charge in [-0.2, -0.15) is 0 Å². The number of halogens is 1. The van der Waals surface area contributed by atoms with E-state index in [0.29, 0.717) is 25.1 Å². The lowest BCUT2D eigenvalue weighted by Crippen LogP contribution is -2.35. The first-order valence-corrected chi connectivity index (χ1v) is 10.2. The third-order valence-electron chi connectivity index (χ3n) is 5.52. The highest BCUT2D eigenvalue weighted by Gasteiger charge is 2.24. The van der Waals surface area contributed by atoms with Crippen LogP contribution in [0.4, 0.5) is 0 Å². The fourth-order valence-corrected chi connectivity index (χ4v) is 4.05. The number of methoxy groups -OCH3 is 1. The Morgan fingerprint density at radius 3 is 2.72 bits per heavy atom. The molecule has 0 bridgehead atoms. The number of hydrogen-bond donors (Lipinski definition) is 1. The topological polar surface area (TPSA) is 62.4 Å². The zero-order valence-electron chi connectivity index (χ0n) is 16.3. The van der Waals surface area contributed by atoms with Gasteiger partial charge in [0.25, 0.3) is 0 Å². The van der Waals surface area contributed by atoms with Crippen LogP contribution in [-0.2, 0) is 28.9 Å². The Balaban J connectivity index is 1.43. The molecule has 0 atom stereocenters. The molecule has 0 radical (unpaired) electrons. The molecule has 5 nitrogen and oxygen atoms in total. The van der Waals surface area contributed by atoms with Gasteiger partial charge in [0.1, 0.15) is 0 Å². The van der Waals surface area contributed by atoms with Crippen molar-refractivity contribution in [3.63, 3.8) is 0 Å². The molecule has 150 valence electrons. The standard InChI is InChI=1S/C23H23ClN2O3/c1-29-23(28)16-7-10-20-18(13-16)19-14-26(12-11-21(19)25-20)22(27)4-2-3-15-5-8-17(24)9-6-15/h5-10,13,25H,2-4,11-12,14H2,1H3. The van der Waals surface area contributed by atoms with Crippen LogP contribution in [0.2, 0.25) is 5.02 Å². The van der Waals surface area contributed by atoms with Crippen LogP contribution in [0.15, 0.2) is 42.5 Å². The average molecular weight is 411 g/mol. The highest BCUT2D eigenvalue weighted by molar-refractivity contribution is 6.30. The Labute approximate surface area is 174 Å². The van der Waals surface area contributed by atoms with E-state index in [2.05, 4.69) is 4.98 Å². The third kappa shape index (κ3) is 4.15. The number of nitrogens with zero attached hydrogens (tertiary/aromatic N) is 1. The van der Waals surface area contributed by atoms with Crippen molar-refractivity contribution in [2.24, 2.45) is 0 Å². The van der Waals surface area contributed by atoms with E-state index in [4.69, 9.17) is 16.3 Å². The van der Waals surface area contributed by atoms with E-state index in [1.54, 1.807) is 6.07 Å². The number of hydrogen-bond acceptors (Lipinski definition) is 3. The van der Waals surface area contributed by atoms with E-state index >= 15 is 0 Å². The Hall–Kier alpha value is -2.79. The summed E-state index contributed by atoms with van der Waals surface area (Å²) in [5.41, 5.74) is 4.94. The van der Waals surface area contributed by atoms with Crippen molar-refractivity contribution >= 4 is 34.4 Å². The first-order valence-electron chi connectivity index (χ1n) is 9.79. The number of carbonyl (C=O) groups excluding carboxylic acids is 2. The zero-order valence-corrected chi connectivity index (χ0v) is 17.1. The molecule has 1 aromatic heterocycles. The SMILES string of the molecule is COC(=O)c1ccc2[nH]c3c(c2c1)CN(C(=O)CCCc1ccc(Cl)cc1)CC3. The van der Waals surface area contributed by atoms with Crippen LogP contribution < -0.4 is 0 Å². The minimum absolute atomic E-state index is 0.170. The van der Waals surface area contributed by atoms with Crippen molar-refractivity contribution < 1.29 is 14.3 Å². The molecule has 6 heteroatoms. The fourth-order valence-electron chi connectivity index (χ4n) is 3.92. The van der Waals surface area contributed by atoms with Gasteiger partial charge in [-0.15, -0.1) is 0 Å². The number of benzene rings is 2. The smallest absolute Gasteiger partial charge is 0.337 e. The number of aryl methyl sites for hydroxylation is 1. The first-order chi connectivity index (χ1) is 14.0. The van der Waals surface area contributed by atoms with Gasteiger partial charge < -0.3 is 14.6 Å². The lowest BCUT2D eigenvalue weighted by Gasteiger charge is -2.27. The van der Waals surface area contributed by atoms with Crippen molar-refractivity contribution in [1.82, 2.24) is 9.88 Å². The molecule has 1 aliphatic rings. The number of aromatic amines is 1. The van der Waals surface area contributed by atoms with Gasteiger partial charge in [0.2, 0.25) is 5.91 Å². The summed E-state index contributed by atoms with van der Waals surface area (Å²) in [5.74, 6) is -0.184. The van der Waals surface area contributed by atoms with Crippen molar-refractivity contribution in [3.8, 4) is 0 Å². The minimum atomic E-state index is -0.354. The summed E-state index contributed by atoms with van der Waals surface area (Å²) in [4.78, 5) is 30.0. The first kappa shape index (κ1) is 19.5. The summed E-state index contributed by atoms with van der Waals surface area (Å²) in [7, 11) is 1.38. The molecule has 2 heterocycles. The molecule has 29 heavy (non-hydrogen) atoms. The molecule has 0 unspecified atom stereocenters. The number of carbonyl (C=O) groups is 2. The van der Waals surface area contributed by atoms with Gasteiger partial charge in [0.05, 0.1) is 12.7 Å². The second-order valence-electron chi connectivity index (χ2n) is 7.38. The molecule has 2 aromatic carbocycles. The van der Waals surface area contributed by atoms with Gasteiger partial charge in [0, 0.05) is 53.1 Å². The summed E-state index contributed by atoms with van der Waals surface area (Å²) in [5, 5.41) is 1.71. The van der Waals surface area contributed by atoms with Crippen LogP contribution in [0.5, 0.6) is 0 Å². The number of aromatic nitrogens is 1. The molecule has 4 rings (SSSR count). The zero-order chi connectivity index (χ0) is 20.4. The largest absolute Gasteiger partial charge is 0.465 e. The molecule has 0 spiro atoms.